The maximum Gasteiger partial charge on any atom is 0.234 e. The quantitative estimate of drug-likeness (QED) is 0.630. The van der Waals surface area contributed by atoms with Gasteiger partial charge in [0.2, 0.25) is 5.91 Å². The van der Waals surface area contributed by atoms with Crippen LogP contribution in [0.4, 0.5) is 11.4 Å². The molecule has 0 aromatic heterocycles. The summed E-state index contributed by atoms with van der Waals surface area (Å²) in [7, 11) is 0. The van der Waals surface area contributed by atoms with E-state index in [1.54, 1.807) is 30.3 Å². The molecule has 0 unspecified atom stereocenters. The molecule has 2 aromatic carbocycles. The van der Waals surface area contributed by atoms with E-state index in [1.807, 2.05) is 13.0 Å². The number of nitrogens with one attached hydrogen (secondary N) is 1. The second-order valence-corrected chi connectivity index (χ2v) is 6.21. The Kier molecular flexibility index (Phi) is 5.39. The number of carbonyl (C=O) groups excluding carboxylic acids is 1. The van der Waals surface area contributed by atoms with Crippen LogP contribution in [0.25, 0.3) is 0 Å². The first kappa shape index (κ1) is 16.0. The molecular weight excluding hydrogens is 327 g/mol. The second-order valence-electron chi connectivity index (χ2n) is 4.41. The van der Waals surface area contributed by atoms with Gasteiger partial charge >= 0.3 is 0 Å². The number of carbonyl (C=O) groups is 1. The zero-order valence-electron chi connectivity index (χ0n) is 11.3. The minimum absolute atomic E-state index is 0.135. The molecule has 0 saturated heterocycles. The second kappa shape index (κ2) is 7.07. The largest absolute Gasteiger partial charge is 0.398 e. The van der Waals surface area contributed by atoms with Crippen molar-refractivity contribution in [3.8, 4) is 0 Å². The Morgan fingerprint density at radius 3 is 2.57 bits per heavy atom. The van der Waals surface area contributed by atoms with Crippen LogP contribution in [0.5, 0.6) is 0 Å². The Balaban J connectivity index is 2.01. The molecule has 110 valence electrons. The number of rotatable bonds is 4. The van der Waals surface area contributed by atoms with Crippen LogP contribution in [0, 0.1) is 6.92 Å². The fourth-order valence-corrected chi connectivity index (χ4v) is 3.05. The van der Waals surface area contributed by atoms with Crippen molar-refractivity contribution in [2.75, 3.05) is 16.8 Å². The van der Waals surface area contributed by atoms with Gasteiger partial charge in [-0.15, -0.1) is 11.8 Å². The molecule has 0 aliphatic carbocycles. The molecule has 0 aliphatic heterocycles. The van der Waals surface area contributed by atoms with Crippen molar-refractivity contribution >= 4 is 52.2 Å². The summed E-state index contributed by atoms with van der Waals surface area (Å²) in [4.78, 5) is 12.7. The summed E-state index contributed by atoms with van der Waals surface area (Å²) in [5.41, 5.74) is 7.97. The van der Waals surface area contributed by atoms with Crippen molar-refractivity contribution in [3.05, 3.63) is 52.0 Å². The summed E-state index contributed by atoms with van der Waals surface area (Å²) >= 11 is 13.4. The predicted octanol–water partition coefficient (Wildman–Crippen LogP) is 4.61. The third-order valence-corrected chi connectivity index (χ3v) is 4.87. The molecule has 2 aromatic rings. The molecule has 3 nitrogen and oxygen atoms in total. The lowest BCUT2D eigenvalue weighted by Crippen LogP contribution is -2.15. The highest BCUT2D eigenvalue weighted by Gasteiger charge is 2.10. The maximum absolute atomic E-state index is 12.0. The topological polar surface area (TPSA) is 55.1 Å². The van der Waals surface area contributed by atoms with Gasteiger partial charge in [-0.1, -0.05) is 35.3 Å². The molecule has 0 fully saturated rings. The number of hydrogen-bond acceptors (Lipinski definition) is 3. The number of nitrogens with two attached hydrogens (primary N) is 1. The SMILES string of the molecule is Cc1c(Cl)cccc1NC(=O)CSc1c(N)cccc1Cl. The van der Waals surface area contributed by atoms with E-state index in [0.29, 0.717) is 21.4 Å². The molecule has 21 heavy (non-hydrogen) atoms. The van der Waals surface area contributed by atoms with E-state index >= 15 is 0 Å². The van der Waals surface area contributed by atoms with Crippen LogP contribution < -0.4 is 11.1 Å². The van der Waals surface area contributed by atoms with Gasteiger partial charge < -0.3 is 11.1 Å². The van der Waals surface area contributed by atoms with Gasteiger partial charge in [0.1, 0.15) is 0 Å². The van der Waals surface area contributed by atoms with E-state index in [-0.39, 0.29) is 11.7 Å². The van der Waals surface area contributed by atoms with Crippen LogP contribution in [0.3, 0.4) is 0 Å². The Morgan fingerprint density at radius 2 is 1.86 bits per heavy atom. The van der Waals surface area contributed by atoms with Crippen molar-refractivity contribution < 1.29 is 4.79 Å². The fourth-order valence-electron chi connectivity index (χ4n) is 1.74. The third kappa shape index (κ3) is 4.06. The number of anilines is 2. The average molecular weight is 341 g/mol. The Hall–Kier alpha value is -1.36. The number of hydrogen-bond donors (Lipinski definition) is 2. The Morgan fingerprint density at radius 1 is 1.19 bits per heavy atom. The number of halogens is 2. The molecule has 0 radical (unpaired) electrons. The highest BCUT2D eigenvalue weighted by atomic mass is 35.5. The van der Waals surface area contributed by atoms with E-state index in [4.69, 9.17) is 28.9 Å². The Labute approximate surface area is 137 Å². The number of benzene rings is 2. The summed E-state index contributed by atoms with van der Waals surface area (Å²) in [6.07, 6.45) is 0. The number of nitrogen functional groups attached to an aromatic ring is 1. The van der Waals surface area contributed by atoms with Gasteiger partial charge in [-0.3, -0.25) is 4.79 Å². The number of amides is 1. The molecule has 0 spiro atoms. The van der Waals surface area contributed by atoms with Crippen LogP contribution in [0.2, 0.25) is 10.0 Å². The molecule has 0 atom stereocenters. The summed E-state index contributed by atoms with van der Waals surface area (Å²) < 4.78 is 0. The third-order valence-electron chi connectivity index (χ3n) is 2.89. The van der Waals surface area contributed by atoms with E-state index in [2.05, 4.69) is 5.32 Å². The van der Waals surface area contributed by atoms with Crippen LogP contribution >= 0.6 is 35.0 Å². The van der Waals surface area contributed by atoms with Crippen molar-refractivity contribution in [1.29, 1.82) is 0 Å². The minimum Gasteiger partial charge on any atom is -0.398 e. The first-order valence-corrected chi connectivity index (χ1v) is 7.95. The molecule has 0 aliphatic rings. The summed E-state index contributed by atoms with van der Waals surface area (Å²) in [6.45, 7) is 1.86. The maximum atomic E-state index is 12.0. The molecule has 0 heterocycles. The summed E-state index contributed by atoms with van der Waals surface area (Å²) in [5, 5.41) is 4.00. The van der Waals surface area contributed by atoms with Crippen molar-refractivity contribution in [1.82, 2.24) is 0 Å². The molecule has 2 rings (SSSR count). The van der Waals surface area contributed by atoms with Crippen LogP contribution in [0.15, 0.2) is 41.3 Å². The van der Waals surface area contributed by atoms with Crippen molar-refractivity contribution in [2.24, 2.45) is 0 Å². The molecule has 0 saturated carbocycles. The lowest BCUT2D eigenvalue weighted by Gasteiger charge is -2.10. The highest BCUT2D eigenvalue weighted by molar-refractivity contribution is 8.00. The first-order chi connectivity index (χ1) is 9.99. The highest BCUT2D eigenvalue weighted by Crippen LogP contribution is 2.32. The summed E-state index contributed by atoms with van der Waals surface area (Å²) in [5.74, 6) is 0.0876. The van der Waals surface area contributed by atoms with Gasteiger partial charge in [0.05, 0.1) is 10.8 Å². The molecule has 0 bridgehead atoms. The van der Waals surface area contributed by atoms with E-state index < -0.39 is 0 Å². The monoisotopic (exact) mass is 340 g/mol. The van der Waals surface area contributed by atoms with E-state index in [9.17, 15) is 4.79 Å². The Bertz CT molecular complexity index is 656. The van der Waals surface area contributed by atoms with Crippen molar-refractivity contribution in [2.45, 2.75) is 11.8 Å². The molecule has 6 heteroatoms. The minimum atomic E-state index is -0.135. The first-order valence-electron chi connectivity index (χ1n) is 6.21. The van der Waals surface area contributed by atoms with Gasteiger partial charge in [0, 0.05) is 21.3 Å². The normalized spacial score (nSPS) is 10.4. The van der Waals surface area contributed by atoms with Gasteiger partial charge in [0.15, 0.2) is 0 Å². The van der Waals surface area contributed by atoms with Gasteiger partial charge in [-0.2, -0.15) is 0 Å². The molecular formula is C15H14Cl2N2OS. The standard InChI is InChI=1S/C15H14Cl2N2OS/c1-9-10(16)4-3-7-13(9)19-14(20)8-21-15-11(17)5-2-6-12(15)18/h2-7H,8,18H2,1H3,(H,19,20). The van der Waals surface area contributed by atoms with Crippen LogP contribution in [0.1, 0.15) is 5.56 Å². The van der Waals surface area contributed by atoms with Gasteiger partial charge in [-0.25, -0.2) is 0 Å². The van der Waals surface area contributed by atoms with Crippen LogP contribution in [-0.2, 0) is 4.79 Å². The van der Waals surface area contributed by atoms with Gasteiger partial charge in [-0.05, 0) is 36.8 Å². The van der Waals surface area contributed by atoms with Crippen molar-refractivity contribution in [3.63, 3.8) is 0 Å². The van der Waals surface area contributed by atoms with E-state index in [0.717, 1.165) is 10.5 Å². The fraction of sp³-hybridized carbons (Fsp3) is 0.133. The zero-order chi connectivity index (χ0) is 15.4. The van der Waals surface area contributed by atoms with Gasteiger partial charge in [0.25, 0.3) is 0 Å². The summed E-state index contributed by atoms with van der Waals surface area (Å²) in [6, 6.07) is 10.7. The molecule has 1 amide bonds. The lowest BCUT2D eigenvalue weighted by atomic mass is 10.2. The number of thioether (sulfide) groups is 1. The predicted molar refractivity (Wildman–Crippen MR) is 91.4 cm³/mol. The lowest BCUT2D eigenvalue weighted by molar-refractivity contribution is -0.113. The van der Waals surface area contributed by atoms with Crippen LogP contribution in [-0.4, -0.2) is 11.7 Å². The smallest absolute Gasteiger partial charge is 0.234 e. The van der Waals surface area contributed by atoms with E-state index in [1.165, 1.54) is 11.8 Å². The zero-order valence-corrected chi connectivity index (χ0v) is 13.6. The average Bonchev–Trinajstić information content (AvgIpc) is 2.43. The molecule has 3 N–H and O–H groups in total.